The van der Waals surface area contributed by atoms with Crippen molar-refractivity contribution >= 4 is 23.2 Å². The summed E-state index contributed by atoms with van der Waals surface area (Å²) in [5, 5.41) is 11.0. The molecule has 0 aliphatic heterocycles. The fourth-order valence-corrected chi connectivity index (χ4v) is 3.73. The van der Waals surface area contributed by atoms with Crippen molar-refractivity contribution in [1.82, 2.24) is 24.6 Å². The second-order valence-electron chi connectivity index (χ2n) is 6.59. The second kappa shape index (κ2) is 6.95. The smallest absolute Gasteiger partial charge is 0.351 e. The lowest BCUT2D eigenvalue weighted by Crippen LogP contribution is -2.28. The molecule has 1 aliphatic rings. The van der Waals surface area contributed by atoms with Crippen molar-refractivity contribution in [3.05, 3.63) is 47.1 Å². The average Bonchev–Trinajstić information content (AvgIpc) is 3.05. The molecule has 3 aromatic heterocycles. The Morgan fingerprint density at radius 2 is 2.04 bits per heavy atom. The van der Waals surface area contributed by atoms with Crippen LogP contribution in [0.1, 0.15) is 43.0 Å². The first kappa shape index (κ1) is 18.0. The van der Waals surface area contributed by atoms with Gasteiger partial charge >= 0.3 is 6.18 Å². The van der Waals surface area contributed by atoms with Gasteiger partial charge < -0.3 is 5.32 Å². The molecule has 0 unspecified atom stereocenters. The van der Waals surface area contributed by atoms with Crippen LogP contribution in [0.5, 0.6) is 0 Å². The number of nitrogens with one attached hydrogen (secondary N) is 1. The number of nitrogens with zero attached hydrogens (tertiary/aromatic N) is 5. The number of hydrogen-bond acceptors (Lipinski definition) is 5. The Morgan fingerprint density at radius 3 is 2.81 bits per heavy atom. The molecule has 142 valence electrons. The summed E-state index contributed by atoms with van der Waals surface area (Å²) in [5.41, 5.74) is -0.244. The van der Waals surface area contributed by atoms with E-state index >= 15 is 0 Å². The fraction of sp³-hybridized carbons (Fsp3) is 0.412. The first-order valence-electron chi connectivity index (χ1n) is 8.58. The molecule has 0 bridgehead atoms. The predicted molar refractivity (Wildman–Crippen MR) is 93.7 cm³/mol. The van der Waals surface area contributed by atoms with E-state index in [1.54, 1.807) is 0 Å². The van der Waals surface area contributed by atoms with Crippen LogP contribution in [0.2, 0.25) is 5.15 Å². The van der Waals surface area contributed by atoms with E-state index in [1.807, 2.05) is 28.8 Å². The molecule has 2 atom stereocenters. The van der Waals surface area contributed by atoms with Gasteiger partial charge in [0.1, 0.15) is 16.5 Å². The quantitative estimate of drug-likeness (QED) is 0.667. The minimum absolute atomic E-state index is 0.0209. The van der Waals surface area contributed by atoms with Crippen LogP contribution < -0.4 is 5.32 Å². The molecule has 1 aliphatic carbocycles. The maximum absolute atomic E-state index is 12.8. The molecule has 6 nitrogen and oxygen atoms in total. The highest BCUT2D eigenvalue weighted by Crippen LogP contribution is 2.35. The van der Waals surface area contributed by atoms with E-state index in [1.165, 1.54) is 0 Å². The molecule has 0 aromatic carbocycles. The number of fused-ring (bicyclic) bond motifs is 1. The van der Waals surface area contributed by atoms with Crippen LogP contribution in [-0.2, 0) is 6.18 Å². The third kappa shape index (κ3) is 3.69. The number of halogens is 4. The Labute approximate surface area is 157 Å². The topological polar surface area (TPSA) is 68.0 Å². The Balaban J connectivity index is 1.50. The third-order valence-electron chi connectivity index (χ3n) is 4.76. The maximum atomic E-state index is 12.8. The molecular weight excluding hydrogens is 381 g/mol. The summed E-state index contributed by atoms with van der Waals surface area (Å²) >= 11 is 5.67. The van der Waals surface area contributed by atoms with Gasteiger partial charge in [-0.3, -0.25) is 4.40 Å². The molecule has 4 rings (SSSR count). The first-order valence-corrected chi connectivity index (χ1v) is 8.95. The van der Waals surface area contributed by atoms with Crippen molar-refractivity contribution in [1.29, 1.82) is 0 Å². The zero-order valence-electron chi connectivity index (χ0n) is 14.1. The monoisotopic (exact) mass is 396 g/mol. The summed E-state index contributed by atoms with van der Waals surface area (Å²) in [5.74, 6) is 1.19. The summed E-state index contributed by atoms with van der Waals surface area (Å²) in [7, 11) is 0. The van der Waals surface area contributed by atoms with Gasteiger partial charge in [0.15, 0.2) is 5.65 Å². The van der Waals surface area contributed by atoms with Crippen molar-refractivity contribution in [3.63, 3.8) is 0 Å². The number of hydrogen-bond donors (Lipinski definition) is 1. The highest BCUT2D eigenvalue weighted by Gasteiger charge is 2.35. The van der Waals surface area contributed by atoms with Crippen LogP contribution in [-0.4, -0.2) is 30.6 Å². The second-order valence-corrected chi connectivity index (χ2v) is 6.95. The highest BCUT2D eigenvalue weighted by atomic mass is 35.5. The van der Waals surface area contributed by atoms with Gasteiger partial charge in [-0.15, -0.1) is 10.2 Å². The van der Waals surface area contributed by atoms with Crippen LogP contribution in [0.4, 0.5) is 19.1 Å². The first-order chi connectivity index (χ1) is 12.9. The van der Waals surface area contributed by atoms with Crippen LogP contribution >= 0.6 is 11.6 Å². The summed E-state index contributed by atoms with van der Waals surface area (Å²) in [6.07, 6.45) is 1.64. The van der Waals surface area contributed by atoms with E-state index in [0.29, 0.717) is 6.20 Å². The van der Waals surface area contributed by atoms with Gasteiger partial charge in [-0.05, 0) is 31.4 Å². The number of anilines is 1. The van der Waals surface area contributed by atoms with E-state index in [9.17, 15) is 13.2 Å². The highest BCUT2D eigenvalue weighted by molar-refractivity contribution is 6.30. The van der Waals surface area contributed by atoms with Gasteiger partial charge in [0.2, 0.25) is 5.95 Å². The van der Waals surface area contributed by atoms with E-state index in [-0.39, 0.29) is 17.9 Å². The number of rotatable bonds is 3. The molecule has 0 spiro atoms. The van der Waals surface area contributed by atoms with Crippen LogP contribution in [0.15, 0.2) is 30.6 Å². The standard InChI is InChI=1S/C17H16ClF3N6/c18-14-12(17(19,20)21)9-22-16(24-14)23-11-5-3-4-10(8-11)15-26-25-13-6-1-2-7-27(13)15/h1-2,6-7,9-11H,3-5,8H2,(H,22,23,24)/t10-,11+/m0/s1. The Kier molecular flexibility index (Phi) is 4.63. The molecule has 27 heavy (non-hydrogen) atoms. The average molecular weight is 397 g/mol. The van der Waals surface area contributed by atoms with E-state index in [2.05, 4.69) is 25.5 Å². The fourth-order valence-electron chi connectivity index (χ4n) is 3.50. The van der Waals surface area contributed by atoms with Gasteiger partial charge in [-0.2, -0.15) is 13.2 Å². The lowest BCUT2D eigenvalue weighted by molar-refractivity contribution is -0.137. The van der Waals surface area contributed by atoms with Gasteiger partial charge in [0.25, 0.3) is 0 Å². The largest absolute Gasteiger partial charge is 0.420 e. The molecule has 0 amide bonds. The molecule has 1 N–H and O–H groups in total. The van der Waals surface area contributed by atoms with E-state index in [4.69, 9.17) is 11.6 Å². The maximum Gasteiger partial charge on any atom is 0.420 e. The van der Waals surface area contributed by atoms with Crippen LogP contribution in [0, 0.1) is 0 Å². The zero-order chi connectivity index (χ0) is 19.0. The van der Waals surface area contributed by atoms with Crippen molar-refractivity contribution in [3.8, 4) is 0 Å². The van der Waals surface area contributed by atoms with Crippen molar-refractivity contribution in [2.24, 2.45) is 0 Å². The Hall–Kier alpha value is -2.42. The SMILES string of the molecule is FC(F)(F)c1cnc(N[C@@H]2CCC[C@H](c3nnc4ccccn34)C2)nc1Cl. The Morgan fingerprint density at radius 1 is 1.19 bits per heavy atom. The van der Waals surface area contributed by atoms with Crippen LogP contribution in [0.3, 0.4) is 0 Å². The normalized spacial score (nSPS) is 20.7. The Bertz CT molecular complexity index is 957. The van der Waals surface area contributed by atoms with Crippen molar-refractivity contribution < 1.29 is 13.2 Å². The minimum Gasteiger partial charge on any atom is -0.351 e. The zero-order valence-corrected chi connectivity index (χ0v) is 14.9. The van der Waals surface area contributed by atoms with Gasteiger partial charge in [0.05, 0.1) is 0 Å². The number of pyridine rings is 1. The minimum atomic E-state index is -4.57. The summed E-state index contributed by atoms with van der Waals surface area (Å²) < 4.78 is 40.3. The molecule has 1 fully saturated rings. The summed E-state index contributed by atoms with van der Waals surface area (Å²) in [4.78, 5) is 7.54. The lowest BCUT2D eigenvalue weighted by atomic mass is 9.85. The third-order valence-corrected chi connectivity index (χ3v) is 5.05. The molecular formula is C17H16ClF3N6. The van der Waals surface area contributed by atoms with Gasteiger partial charge in [-0.1, -0.05) is 24.1 Å². The van der Waals surface area contributed by atoms with E-state index < -0.39 is 16.9 Å². The van der Waals surface area contributed by atoms with Gasteiger partial charge in [-0.25, -0.2) is 9.97 Å². The van der Waals surface area contributed by atoms with Crippen LogP contribution in [0.25, 0.3) is 5.65 Å². The molecule has 3 aromatic rings. The molecule has 0 saturated heterocycles. The number of alkyl halides is 3. The molecule has 10 heteroatoms. The summed E-state index contributed by atoms with van der Waals surface area (Å²) in [6.45, 7) is 0. The van der Waals surface area contributed by atoms with Crippen molar-refractivity contribution in [2.45, 2.75) is 43.8 Å². The predicted octanol–water partition coefficient (Wildman–Crippen LogP) is 4.33. The lowest BCUT2D eigenvalue weighted by Gasteiger charge is -2.28. The summed E-state index contributed by atoms with van der Waals surface area (Å²) in [6, 6.07) is 5.75. The van der Waals surface area contributed by atoms with Gasteiger partial charge in [0, 0.05) is 24.4 Å². The van der Waals surface area contributed by atoms with E-state index in [0.717, 1.165) is 37.2 Å². The molecule has 1 saturated carbocycles. The molecule has 0 radical (unpaired) electrons. The molecule has 3 heterocycles. The van der Waals surface area contributed by atoms with Crippen molar-refractivity contribution in [2.75, 3.05) is 5.32 Å². The number of aromatic nitrogens is 5.